The lowest BCUT2D eigenvalue weighted by Gasteiger charge is -2.28. The van der Waals surface area contributed by atoms with Gasteiger partial charge in [-0.15, -0.1) is 11.6 Å². The Bertz CT molecular complexity index is 506. The lowest BCUT2D eigenvalue weighted by molar-refractivity contribution is 0.0700. The van der Waals surface area contributed by atoms with Crippen LogP contribution in [0.5, 0.6) is 11.5 Å². The summed E-state index contributed by atoms with van der Waals surface area (Å²) in [5.41, 5.74) is 0.645. The number of hydrogen-bond acceptors (Lipinski definition) is 3. The normalized spacial score (nSPS) is 21.6. The number of carbonyl (C=O) groups is 1. The Hall–Kier alpha value is -1.42. The average molecular weight is 296 g/mol. The van der Waals surface area contributed by atoms with Crippen molar-refractivity contribution in [2.75, 3.05) is 19.2 Å². The van der Waals surface area contributed by atoms with Gasteiger partial charge in [0.25, 0.3) is 5.91 Å². The molecule has 0 N–H and O–H groups in total. The maximum Gasteiger partial charge on any atom is 0.254 e. The number of amides is 1. The van der Waals surface area contributed by atoms with Crippen LogP contribution in [0.25, 0.3) is 0 Å². The van der Waals surface area contributed by atoms with Crippen molar-refractivity contribution in [2.45, 2.75) is 31.7 Å². The Morgan fingerprint density at radius 1 is 1.25 bits per heavy atom. The van der Waals surface area contributed by atoms with E-state index in [1.807, 2.05) is 4.90 Å². The Morgan fingerprint density at radius 2 is 2.10 bits per heavy atom. The van der Waals surface area contributed by atoms with Gasteiger partial charge >= 0.3 is 0 Å². The monoisotopic (exact) mass is 295 g/mol. The van der Waals surface area contributed by atoms with E-state index in [0.29, 0.717) is 22.9 Å². The van der Waals surface area contributed by atoms with E-state index in [9.17, 15) is 4.79 Å². The quantitative estimate of drug-likeness (QED) is 0.787. The molecule has 0 spiro atoms. The number of ether oxygens (including phenoxy) is 2. The van der Waals surface area contributed by atoms with E-state index in [2.05, 4.69) is 0 Å². The number of hydrogen-bond donors (Lipinski definition) is 0. The van der Waals surface area contributed by atoms with Gasteiger partial charge in [-0.1, -0.05) is 12.8 Å². The van der Waals surface area contributed by atoms with E-state index < -0.39 is 0 Å². The maximum atomic E-state index is 12.7. The lowest BCUT2D eigenvalue weighted by Crippen LogP contribution is -2.41. The first-order valence-electron chi connectivity index (χ1n) is 7.06. The molecule has 2 aliphatic heterocycles. The first kappa shape index (κ1) is 13.6. The van der Waals surface area contributed by atoms with Crippen molar-refractivity contribution in [1.29, 1.82) is 0 Å². The van der Waals surface area contributed by atoms with Gasteiger partial charge in [0.2, 0.25) is 6.79 Å². The third kappa shape index (κ3) is 2.57. The van der Waals surface area contributed by atoms with Crippen LogP contribution in [-0.4, -0.2) is 36.1 Å². The highest BCUT2D eigenvalue weighted by atomic mass is 35.5. The Balaban J connectivity index is 1.83. The minimum atomic E-state index is 0.0378. The van der Waals surface area contributed by atoms with Crippen molar-refractivity contribution in [3.8, 4) is 11.5 Å². The van der Waals surface area contributed by atoms with Crippen molar-refractivity contribution in [3.63, 3.8) is 0 Å². The number of nitrogens with zero attached hydrogens (tertiary/aromatic N) is 1. The minimum Gasteiger partial charge on any atom is -0.454 e. The number of likely N-dealkylation sites (tertiary alicyclic amines) is 1. The maximum absolute atomic E-state index is 12.7. The highest BCUT2D eigenvalue weighted by Gasteiger charge is 2.26. The molecule has 108 valence electrons. The molecule has 1 saturated heterocycles. The highest BCUT2D eigenvalue weighted by molar-refractivity contribution is 6.18. The zero-order chi connectivity index (χ0) is 13.9. The van der Waals surface area contributed by atoms with Gasteiger partial charge < -0.3 is 14.4 Å². The van der Waals surface area contributed by atoms with Gasteiger partial charge in [-0.25, -0.2) is 0 Å². The van der Waals surface area contributed by atoms with Crippen molar-refractivity contribution in [2.24, 2.45) is 0 Å². The number of carbonyl (C=O) groups excluding carboxylic acids is 1. The van der Waals surface area contributed by atoms with Gasteiger partial charge in [0.15, 0.2) is 11.5 Å². The molecule has 1 fully saturated rings. The molecule has 1 amide bonds. The highest BCUT2D eigenvalue weighted by Crippen LogP contribution is 2.33. The molecule has 2 heterocycles. The van der Waals surface area contributed by atoms with Crippen LogP contribution < -0.4 is 9.47 Å². The van der Waals surface area contributed by atoms with Crippen LogP contribution in [0.15, 0.2) is 18.2 Å². The second-order valence-corrected chi connectivity index (χ2v) is 5.53. The summed E-state index contributed by atoms with van der Waals surface area (Å²) in [6.07, 6.45) is 4.34. The molecule has 1 atom stereocenters. The second-order valence-electron chi connectivity index (χ2n) is 5.22. The molecule has 2 aliphatic rings. The summed E-state index contributed by atoms with van der Waals surface area (Å²) in [5.74, 6) is 1.88. The minimum absolute atomic E-state index is 0.0378. The van der Waals surface area contributed by atoms with Gasteiger partial charge in [-0.2, -0.15) is 0 Å². The van der Waals surface area contributed by atoms with Crippen molar-refractivity contribution in [3.05, 3.63) is 23.8 Å². The SMILES string of the molecule is O=C(c1ccc2c(c1)OCO2)N1CCCCCC1CCl. The summed E-state index contributed by atoms with van der Waals surface area (Å²) in [5, 5.41) is 0. The van der Waals surface area contributed by atoms with Gasteiger partial charge in [0.05, 0.1) is 0 Å². The smallest absolute Gasteiger partial charge is 0.254 e. The van der Waals surface area contributed by atoms with Crippen molar-refractivity contribution < 1.29 is 14.3 Å². The molecular formula is C15H18ClNO3. The molecule has 20 heavy (non-hydrogen) atoms. The van der Waals surface area contributed by atoms with Crippen LogP contribution in [0.3, 0.4) is 0 Å². The predicted octanol–water partition coefficient (Wildman–Crippen LogP) is 3.04. The fourth-order valence-corrected chi connectivity index (χ4v) is 3.12. The molecule has 1 aromatic carbocycles. The van der Waals surface area contributed by atoms with Crippen LogP contribution in [0, 0.1) is 0 Å². The molecule has 0 aromatic heterocycles. The summed E-state index contributed by atoms with van der Waals surface area (Å²) in [6.45, 7) is 1.01. The summed E-state index contributed by atoms with van der Waals surface area (Å²) in [7, 11) is 0. The van der Waals surface area contributed by atoms with Gasteiger partial charge in [0, 0.05) is 24.0 Å². The fourth-order valence-electron chi connectivity index (χ4n) is 2.80. The molecule has 1 unspecified atom stereocenters. The Kier molecular flexibility index (Phi) is 4.01. The van der Waals surface area contributed by atoms with E-state index in [-0.39, 0.29) is 18.7 Å². The Morgan fingerprint density at radius 3 is 2.95 bits per heavy atom. The second kappa shape index (κ2) is 5.92. The zero-order valence-corrected chi connectivity index (χ0v) is 12.1. The van der Waals surface area contributed by atoms with E-state index in [1.165, 1.54) is 0 Å². The summed E-state index contributed by atoms with van der Waals surface area (Å²) >= 11 is 6.03. The van der Waals surface area contributed by atoms with Crippen LogP contribution in [-0.2, 0) is 0 Å². The summed E-state index contributed by atoms with van der Waals surface area (Å²) in [6, 6.07) is 5.49. The van der Waals surface area contributed by atoms with E-state index in [4.69, 9.17) is 21.1 Å². The van der Waals surface area contributed by atoms with E-state index in [0.717, 1.165) is 32.2 Å². The number of rotatable bonds is 2. The molecule has 1 aromatic rings. The molecule has 0 aliphatic carbocycles. The summed E-state index contributed by atoms with van der Waals surface area (Å²) in [4.78, 5) is 14.6. The van der Waals surface area contributed by atoms with Crippen molar-refractivity contribution >= 4 is 17.5 Å². The molecule has 0 saturated carbocycles. The lowest BCUT2D eigenvalue weighted by atomic mass is 10.1. The fraction of sp³-hybridized carbons (Fsp3) is 0.533. The Labute approximate surface area is 123 Å². The van der Waals surface area contributed by atoms with Gasteiger partial charge in [-0.3, -0.25) is 4.79 Å². The number of alkyl halides is 1. The third-order valence-corrected chi connectivity index (χ3v) is 4.29. The zero-order valence-electron chi connectivity index (χ0n) is 11.3. The largest absolute Gasteiger partial charge is 0.454 e. The number of halogens is 1. The molecule has 0 radical (unpaired) electrons. The average Bonchev–Trinajstić information content (AvgIpc) is 2.81. The van der Waals surface area contributed by atoms with Gasteiger partial charge in [0.1, 0.15) is 0 Å². The first-order valence-corrected chi connectivity index (χ1v) is 7.59. The number of fused-ring (bicyclic) bond motifs is 1. The van der Waals surface area contributed by atoms with Crippen molar-refractivity contribution in [1.82, 2.24) is 4.90 Å². The number of benzene rings is 1. The van der Waals surface area contributed by atoms with Crippen LogP contribution >= 0.6 is 11.6 Å². The standard InChI is InChI=1S/C15H18ClNO3/c16-9-12-4-2-1-3-7-17(12)15(18)11-5-6-13-14(8-11)20-10-19-13/h5-6,8,12H,1-4,7,9-10H2. The summed E-state index contributed by atoms with van der Waals surface area (Å²) < 4.78 is 10.6. The molecular weight excluding hydrogens is 278 g/mol. The van der Waals surface area contributed by atoms with E-state index >= 15 is 0 Å². The van der Waals surface area contributed by atoms with Crippen LogP contribution in [0.1, 0.15) is 36.0 Å². The van der Waals surface area contributed by atoms with E-state index in [1.54, 1.807) is 18.2 Å². The van der Waals surface area contributed by atoms with Crippen LogP contribution in [0.2, 0.25) is 0 Å². The molecule has 5 heteroatoms. The first-order chi connectivity index (χ1) is 9.79. The predicted molar refractivity (Wildman–Crippen MR) is 76.6 cm³/mol. The molecule has 0 bridgehead atoms. The molecule has 4 nitrogen and oxygen atoms in total. The van der Waals surface area contributed by atoms with Gasteiger partial charge in [-0.05, 0) is 31.0 Å². The van der Waals surface area contributed by atoms with Crippen LogP contribution in [0.4, 0.5) is 0 Å². The molecule has 3 rings (SSSR count). The topological polar surface area (TPSA) is 38.8 Å². The third-order valence-electron chi connectivity index (χ3n) is 3.94.